The quantitative estimate of drug-likeness (QED) is 0.899. The number of piperidine rings is 1. The Morgan fingerprint density at radius 1 is 1.26 bits per heavy atom. The van der Waals surface area contributed by atoms with E-state index in [-0.39, 0.29) is 0 Å². The van der Waals surface area contributed by atoms with E-state index in [4.69, 9.17) is 5.73 Å². The first-order valence-corrected chi connectivity index (χ1v) is 7.83. The molecule has 0 spiro atoms. The van der Waals surface area contributed by atoms with Crippen molar-refractivity contribution in [2.75, 3.05) is 13.1 Å². The van der Waals surface area contributed by atoms with E-state index in [0.29, 0.717) is 12.0 Å². The molecule has 104 valence electrons. The van der Waals surface area contributed by atoms with Gasteiger partial charge in [-0.1, -0.05) is 37.6 Å². The Kier molecular flexibility index (Phi) is 3.90. The predicted molar refractivity (Wildman–Crippen MR) is 80.1 cm³/mol. The topological polar surface area (TPSA) is 29.3 Å². The first-order valence-electron chi connectivity index (χ1n) is 7.83. The van der Waals surface area contributed by atoms with Crippen molar-refractivity contribution in [2.45, 2.75) is 51.1 Å². The molecule has 0 amide bonds. The fraction of sp³-hybridized carbons (Fsp3) is 0.647. The van der Waals surface area contributed by atoms with Crippen molar-refractivity contribution in [3.8, 4) is 0 Å². The second kappa shape index (κ2) is 5.64. The maximum absolute atomic E-state index is 6.19. The summed E-state index contributed by atoms with van der Waals surface area (Å²) in [7, 11) is 0. The number of hydrogen-bond donors (Lipinski definition) is 1. The zero-order valence-electron chi connectivity index (χ0n) is 12.0. The molecule has 1 aliphatic heterocycles. The molecule has 2 atom stereocenters. The lowest BCUT2D eigenvalue weighted by atomic mass is 9.90. The van der Waals surface area contributed by atoms with Gasteiger partial charge in [0.15, 0.2) is 0 Å². The van der Waals surface area contributed by atoms with Crippen LogP contribution in [0.15, 0.2) is 24.3 Å². The molecule has 2 fully saturated rings. The first kappa shape index (κ1) is 13.1. The van der Waals surface area contributed by atoms with Crippen molar-refractivity contribution in [3.05, 3.63) is 35.4 Å². The smallest absolute Gasteiger partial charge is 0.0233 e. The van der Waals surface area contributed by atoms with Crippen molar-refractivity contribution < 1.29 is 0 Å². The van der Waals surface area contributed by atoms with Gasteiger partial charge in [-0.3, -0.25) is 4.90 Å². The summed E-state index contributed by atoms with van der Waals surface area (Å²) < 4.78 is 0. The van der Waals surface area contributed by atoms with Crippen LogP contribution in [-0.4, -0.2) is 24.0 Å². The standard InChI is InChI=1S/C17H26N2/c1-2-14-12-19(9-8-17(14)18)11-13-4-3-5-16(10-13)15-6-7-15/h3-5,10,14-15,17H,2,6-9,11-12,18H2,1H3. The summed E-state index contributed by atoms with van der Waals surface area (Å²) in [6.07, 6.45) is 5.14. The van der Waals surface area contributed by atoms with E-state index in [2.05, 4.69) is 36.1 Å². The maximum atomic E-state index is 6.19. The van der Waals surface area contributed by atoms with Crippen LogP contribution in [0.1, 0.15) is 49.7 Å². The molecule has 2 heteroatoms. The average Bonchev–Trinajstić information content (AvgIpc) is 3.26. The molecule has 2 aliphatic rings. The lowest BCUT2D eigenvalue weighted by Crippen LogP contribution is -2.46. The Morgan fingerprint density at radius 3 is 2.84 bits per heavy atom. The van der Waals surface area contributed by atoms with E-state index in [1.165, 1.54) is 31.4 Å². The molecule has 2 N–H and O–H groups in total. The van der Waals surface area contributed by atoms with Gasteiger partial charge in [0.05, 0.1) is 0 Å². The molecule has 19 heavy (non-hydrogen) atoms. The molecule has 1 aromatic rings. The van der Waals surface area contributed by atoms with Crippen LogP contribution in [-0.2, 0) is 6.54 Å². The van der Waals surface area contributed by atoms with Gasteiger partial charge in [0, 0.05) is 19.1 Å². The molecule has 1 saturated heterocycles. The van der Waals surface area contributed by atoms with Gasteiger partial charge in [0.1, 0.15) is 0 Å². The van der Waals surface area contributed by atoms with E-state index in [1.54, 1.807) is 5.56 Å². The van der Waals surface area contributed by atoms with Gasteiger partial charge in [-0.05, 0) is 48.8 Å². The van der Waals surface area contributed by atoms with E-state index in [9.17, 15) is 0 Å². The molecule has 0 radical (unpaired) electrons. The van der Waals surface area contributed by atoms with Crippen LogP contribution in [0.25, 0.3) is 0 Å². The molecule has 1 heterocycles. The zero-order chi connectivity index (χ0) is 13.2. The van der Waals surface area contributed by atoms with Crippen LogP contribution in [0.2, 0.25) is 0 Å². The Bertz CT molecular complexity index is 425. The largest absolute Gasteiger partial charge is 0.327 e. The maximum Gasteiger partial charge on any atom is 0.0233 e. The SMILES string of the molecule is CCC1CN(Cc2cccc(C3CC3)c2)CCC1N. The van der Waals surface area contributed by atoms with Gasteiger partial charge in [-0.2, -0.15) is 0 Å². The molecule has 0 aromatic heterocycles. The summed E-state index contributed by atoms with van der Waals surface area (Å²) in [5, 5.41) is 0. The Hall–Kier alpha value is -0.860. The number of rotatable bonds is 4. The average molecular weight is 258 g/mol. The fourth-order valence-corrected chi connectivity index (χ4v) is 3.32. The second-order valence-corrected chi connectivity index (χ2v) is 6.38. The van der Waals surface area contributed by atoms with Crippen LogP contribution in [0.4, 0.5) is 0 Å². The molecule has 0 bridgehead atoms. The lowest BCUT2D eigenvalue weighted by Gasteiger charge is -2.36. The molecule has 1 aromatic carbocycles. The van der Waals surface area contributed by atoms with Crippen LogP contribution in [0.5, 0.6) is 0 Å². The number of nitrogens with two attached hydrogens (primary N) is 1. The van der Waals surface area contributed by atoms with Crippen molar-refractivity contribution in [1.29, 1.82) is 0 Å². The van der Waals surface area contributed by atoms with Gasteiger partial charge in [-0.15, -0.1) is 0 Å². The predicted octanol–water partition coefficient (Wildman–Crippen LogP) is 3.12. The number of benzene rings is 1. The van der Waals surface area contributed by atoms with Gasteiger partial charge in [0.2, 0.25) is 0 Å². The highest BCUT2D eigenvalue weighted by Crippen LogP contribution is 2.40. The fourth-order valence-electron chi connectivity index (χ4n) is 3.32. The summed E-state index contributed by atoms with van der Waals surface area (Å²) in [6.45, 7) is 5.70. The highest BCUT2D eigenvalue weighted by Gasteiger charge is 2.26. The van der Waals surface area contributed by atoms with Crippen LogP contribution in [0.3, 0.4) is 0 Å². The highest BCUT2D eigenvalue weighted by molar-refractivity contribution is 5.29. The minimum Gasteiger partial charge on any atom is -0.327 e. The minimum atomic E-state index is 0.416. The Labute approximate surface area is 117 Å². The monoisotopic (exact) mass is 258 g/mol. The van der Waals surface area contributed by atoms with Gasteiger partial charge < -0.3 is 5.73 Å². The highest BCUT2D eigenvalue weighted by atomic mass is 15.1. The van der Waals surface area contributed by atoms with Crippen LogP contribution >= 0.6 is 0 Å². The van der Waals surface area contributed by atoms with Crippen molar-refractivity contribution >= 4 is 0 Å². The van der Waals surface area contributed by atoms with Crippen molar-refractivity contribution in [3.63, 3.8) is 0 Å². The van der Waals surface area contributed by atoms with Gasteiger partial charge in [0.25, 0.3) is 0 Å². The molecule has 2 nitrogen and oxygen atoms in total. The second-order valence-electron chi connectivity index (χ2n) is 6.38. The lowest BCUT2D eigenvalue weighted by molar-refractivity contribution is 0.145. The molecule has 2 unspecified atom stereocenters. The van der Waals surface area contributed by atoms with E-state index < -0.39 is 0 Å². The third-order valence-corrected chi connectivity index (χ3v) is 4.81. The zero-order valence-corrected chi connectivity index (χ0v) is 12.0. The van der Waals surface area contributed by atoms with Crippen LogP contribution < -0.4 is 5.73 Å². The molecular weight excluding hydrogens is 232 g/mol. The third-order valence-electron chi connectivity index (χ3n) is 4.81. The van der Waals surface area contributed by atoms with Gasteiger partial charge in [-0.25, -0.2) is 0 Å². The minimum absolute atomic E-state index is 0.416. The normalized spacial score (nSPS) is 28.5. The third kappa shape index (κ3) is 3.18. The first-order chi connectivity index (χ1) is 9.26. The Balaban J connectivity index is 1.62. The summed E-state index contributed by atoms with van der Waals surface area (Å²) in [5.74, 6) is 1.54. The Morgan fingerprint density at radius 2 is 2.11 bits per heavy atom. The van der Waals surface area contributed by atoms with Crippen molar-refractivity contribution in [2.24, 2.45) is 11.7 Å². The summed E-state index contributed by atoms with van der Waals surface area (Å²) in [5.41, 5.74) is 9.23. The van der Waals surface area contributed by atoms with E-state index in [0.717, 1.165) is 25.4 Å². The van der Waals surface area contributed by atoms with Crippen molar-refractivity contribution in [1.82, 2.24) is 4.90 Å². The van der Waals surface area contributed by atoms with Crippen LogP contribution in [0, 0.1) is 5.92 Å². The molecule has 1 aliphatic carbocycles. The summed E-state index contributed by atoms with van der Waals surface area (Å²) in [4.78, 5) is 2.59. The van der Waals surface area contributed by atoms with Gasteiger partial charge >= 0.3 is 0 Å². The molecular formula is C17H26N2. The number of likely N-dealkylation sites (tertiary alicyclic amines) is 1. The van der Waals surface area contributed by atoms with E-state index in [1.807, 2.05) is 0 Å². The summed E-state index contributed by atoms with van der Waals surface area (Å²) >= 11 is 0. The number of hydrogen-bond acceptors (Lipinski definition) is 2. The van der Waals surface area contributed by atoms with E-state index >= 15 is 0 Å². The molecule has 1 saturated carbocycles. The summed E-state index contributed by atoms with van der Waals surface area (Å²) in [6, 6.07) is 9.64. The number of nitrogens with zero attached hydrogens (tertiary/aromatic N) is 1. The molecule has 3 rings (SSSR count).